The molecule has 5 nitrogen and oxygen atoms in total. The SMILES string of the molecule is CCC(N)CC(=O)NC(CC(=O)OC)c1cccs1. The number of hydrogen-bond acceptors (Lipinski definition) is 5. The fourth-order valence-electron chi connectivity index (χ4n) is 1.60. The molecule has 0 aliphatic carbocycles. The highest BCUT2D eigenvalue weighted by Crippen LogP contribution is 2.22. The summed E-state index contributed by atoms with van der Waals surface area (Å²) in [6.07, 6.45) is 1.14. The molecule has 0 bridgehead atoms. The van der Waals surface area contributed by atoms with Crippen LogP contribution in [0, 0.1) is 0 Å². The lowest BCUT2D eigenvalue weighted by Crippen LogP contribution is -2.34. The molecule has 0 saturated heterocycles. The number of nitrogens with two attached hydrogens (primary N) is 1. The van der Waals surface area contributed by atoms with Gasteiger partial charge in [-0.05, 0) is 17.9 Å². The van der Waals surface area contributed by atoms with E-state index in [0.717, 1.165) is 11.3 Å². The van der Waals surface area contributed by atoms with E-state index in [-0.39, 0.29) is 36.8 Å². The second-order valence-electron chi connectivity index (χ2n) is 4.29. The molecule has 2 atom stereocenters. The highest BCUT2D eigenvalue weighted by Gasteiger charge is 2.20. The molecule has 0 saturated carbocycles. The van der Waals surface area contributed by atoms with Gasteiger partial charge in [-0.1, -0.05) is 13.0 Å². The van der Waals surface area contributed by atoms with Crippen LogP contribution in [-0.2, 0) is 14.3 Å². The van der Waals surface area contributed by atoms with Gasteiger partial charge in [-0.2, -0.15) is 0 Å². The van der Waals surface area contributed by atoms with E-state index in [2.05, 4.69) is 10.1 Å². The number of thiophene rings is 1. The molecule has 3 N–H and O–H groups in total. The molecule has 1 heterocycles. The normalized spacial score (nSPS) is 13.6. The van der Waals surface area contributed by atoms with Crippen LogP contribution in [0.4, 0.5) is 0 Å². The summed E-state index contributed by atoms with van der Waals surface area (Å²) in [5.41, 5.74) is 5.75. The third-order valence-corrected chi connectivity index (χ3v) is 3.78. The Morgan fingerprint density at radius 3 is 2.74 bits per heavy atom. The maximum Gasteiger partial charge on any atom is 0.307 e. The Morgan fingerprint density at radius 1 is 1.47 bits per heavy atom. The zero-order valence-corrected chi connectivity index (χ0v) is 12.0. The molecular formula is C13H20N2O3S. The maximum absolute atomic E-state index is 11.8. The van der Waals surface area contributed by atoms with E-state index >= 15 is 0 Å². The van der Waals surface area contributed by atoms with Gasteiger partial charge < -0.3 is 15.8 Å². The Balaban J connectivity index is 2.64. The van der Waals surface area contributed by atoms with Crippen LogP contribution in [0.25, 0.3) is 0 Å². The summed E-state index contributed by atoms with van der Waals surface area (Å²) in [5.74, 6) is -0.491. The molecule has 106 valence electrons. The predicted octanol–water partition coefficient (Wildman–Crippen LogP) is 1.60. The molecule has 0 fully saturated rings. The van der Waals surface area contributed by atoms with Gasteiger partial charge >= 0.3 is 5.97 Å². The molecule has 0 aliphatic rings. The lowest BCUT2D eigenvalue weighted by atomic mass is 10.1. The molecule has 0 aliphatic heterocycles. The van der Waals surface area contributed by atoms with Crippen LogP contribution in [0.5, 0.6) is 0 Å². The number of amides is 1. The molecule has 6 heteroatoms. The van der Waals surface area contributed by atoms with Crippen LogP contribution in [-0.4, -0.2) is 25.0 Å². The first-order chi connectivity index (χ1) is 9.06. The van der Waals surface area contributed by atoms with Crippen molar-refractivity contribution in [1.82, 2.24) is 5.32 Å². The van der Waals surface area contributed by atoms with Crippen LogP contribution in [0.15, 0.2) is 17.5 Å². The Kier molecular flexibility index (Phi) is 6.52. The van der Waals surface area contributed by atoms with E-state index in [1.54, 1.807) is 0 Å². The van der Waals surface area contributed by atoms with E-state index in [1.807, 2.05) is 24.4 Å². The fourth-order valence-corrected chi connectivity index (χ4v) is 2.38. The van der Waals surface area contributed by atoms with Crippen molar-refractivity contribution in [3.63, 3.8) is 0 Å². The second kappa shape index (κ2) is 7.91. The van der Waals surface area contributed by atoms with Crippen LogP contribution < -0.4 is 11.1 Å². The minimum absolute atomic E-state index is 0.129. The first kappa shape index (κ1) is 15.7. The van der Waals surface area contributed by atoms with Crippen molar-refractivity contribution in [3.8, 4) is 0 Å². The summed E-state index contributed by atoms with van der Waals surface area (Å²) >= 11 is 1.50. The third kappa shape index (κ3) is 5.40. The Hall–Kier alpha value is -1.40. The Labute approximate surface area is 117 Å². The fraction of sp³-hybridized carbons (Fsp3) is 0.538. The summed E-state index contributed by atoms with van der Waals surface area (Å²) in [6, 6.07) is 3.28. The zero-order valence-electron chi connectivity index (χ0n) is 11.2. The number of ether oxygens (including phenoxy) is 1. The summed E-state index contributed by atoms with van der Waals surface area (Å²) in [6.45, 7) is 1.93. The van der Waals surface area contributed by atoms with Crippen molar-refractivity contribution in [2.75, 3.05) is 7.11 Å². The lowest BCUT2D eigenvalue weighted by Gasteiger charge is -2.17. The van der Waals surface area contributed by atoms with Gasteiger partial charge in [0.2, 0.25) is 5.91 Å². The molecule has 19 heavy (non-hydrogen) atoms. The zero-order chi connectivity index (χ0) is 14.3. The maximum atomic E-state index is 11.8. The van der Waals surface area contributed by atoms with E-state index in [1.165, 1.54) is 18.4 Å². The minimum Gasteiger partial charge on any atom is -0.469 e. The van der Waals surface area contributed by atoms with Crippen molar-refractivity contribution in [2.45, 2.75) is 38.3 Å². The number of hydrogen-bond donors (Lipinski definition) is 2. The average Bonchev–Trinajstić information content (AvgIpc) is 2.91. The smallest absolute Gasteiger partial charge is 0.307 e. The molecule has 0 radical (unpaired) electrons. The Morgan fingerprint density at radius 2 is 2.21 bits per heavy atom. The van der Waals surface area contributed by atoms with E-state index in [4.69, 9.17) is 5.73 Å². The van der Waals surface area contributed by atoms with Gasteiger partial charge in [-0.15, -0.1) is 11.3 Å². The van der Waals surface area contributed by atoms with Gasteiger partial charge in [0, 0.05) is 17.3 Å². The number of nitrogens with one attached hydrogen (secondary N) is 1. The molecule has 0 aromatic carbocycles. The van der Waals surface area contributed by atoms with Crippen LogP contribution in [0.3, 0.4) is 0 Å². The molecule has 1 rings (SSSR count). The third-order valence-electron chi connectivity index (χ3n) is 2.79. The Bertz CT molecular complexity index is 406. The summed E-state index contributed by atoms with van der Waals surface area (Å²) in [5, 5.41) is 4.75. The molecule has 0 spiro atoms. The first-order valence-electron chi connectivity index (χ1n) is 6.22. The van der Waals surface area contributed by atoms with Crippen molar-refractivity contribution < 1.29 is 14.3 Å². The lowest BCUT2D eigenvalue weighted by molar-refractivity contribution is -0.141. The molecule has 2 unspecified atom stereocenters. The van der Waals surface area contributed by atoms with Gasteiger partial charge in [0.25, 0.3) is 0 Å². The molecule has 1 aromatic heterocycles. The summed E-state index contributed by atoms with van der Waals surface area (Å²) in [7, 11) is 1.34. The average molecular weight is 284 g/mol. The van der Waals surface area contributed by atoms with Gasteiger partial charge in [0.15, 0.2) is 0 Å². The second-order valence-corrected chi connectivity index (χ2v) is 5.27. The summed E-state index contributed by atoms with van der Waals surface area (Å²) in [4.78, 5) is 24.2. The standard InChI is InChI=1S/C13H20N2O3S/c1-3-9(14)7-12(16)15-10(8-13(17)18-2)11-5-4-6-19-11/h4-6,9-10H,3,7-8,14H2,1-2H3,(H,15,16). The topological polar surface area (TPSA) is 81.4 Å². The van der Waals surface area contributed by atoms with Crippen LogP contribution in [0.2, 0.25) is 0 Å². The van der Waals surface area contributed by atoms with Gasteiger partial charge in [-0.3, -0.25) is 9.59 Å². The molecule has 1 amide bonds. The van der Waals surface area contributed by atoms with E-state index in [0.29, 0.717) is 0 Å². The van der Waals surface area contributed by atoms with Gasteiger partial charge in [-0.25, -0.2) is 0 Å². The summed E-state index contributed by atoms with van der Waals surface area (Å²) < 4.78 is 4.65. The van der Waals surface area contributed by atoms with Gasteiger partial charge in [0.05, 0.1) is 19.6 Å². The highest BCUT2D eigenvalue weighted by atomic mass is 32.1. The van der Waals surface area contributed by atoms with E-state index < -0.39 is 0 Å². The number of carbonyl (C=O) groups is 2. The largest absolute Gasteiger partial charge is 0.469 e. The highest BCUT2D eigenvalue weighted by molar-refractivity contribution is 7.10. The number of methoxy groups -OCH3 is 1. The van der Waals surface area contributed by atoms with Crippen LogP contribution >= 0.6 is 11.3 Å². The van der Waals surface area contributed by atoms with Crippen molar-refractivity contribution >= 4 is 23.2 Å². The molecular weight excluding hydrogens is 264 g/mol. The van der Waals surface area contributed by atoms with Crippen LogP contribution in [0.1, 0.15) is 37.1 Å². The number of rotatable bonds is 7. The van der Waals surface area contributed by atoms with Crippen molar-refractivity contribution in [3.05, 3.63) is 22.4 Å². The minimum atomic E-state index is -0.349. The van der Waals surface area contributed by atoms with E-state index in [9.17, 15) is 9.59 Å². The predicted molar refractivity (Wildman–Crippen MR) is 74.7 cm³/mol. The quantitative estimate of drug-likeness (QED) is 0.745. The van der Waals surface area contributed by atoms with Gasteiger partial charge in [0.1, 0.15) is 0 Å². The molecule has 1 aromatic rings. The number of esters is 1. The number of carbonyl (C=O) groups excluding carboxylic acids is 2. The first-order valence-corrected chi connectivity index (χ1v) is 7.10. The van der Waals surface area contributed by atoms with Crippen molar-refractivity contribution in [2.24, 2.45) is 5.73 Å². The monoisotopic (exact) mass is 284 g/mol. The van der Waals surface area contributed by atoms with Crippen molar-refractivity contribution in [1.29, 1.82) is 0 Å².